The molecule has 0 heterocycles. The summed E-state index contributed by atoms with van der Waals surface area (Å²) in [4.78, 5) is 1.77. The molecule has 124 valence electrons. The highest BCUT2D eigenvalue weighted by molar-refractivity contribution is 7.54. The van der Waals surface area contributed by atoms with E-state index in [1.807, 2.05) is 0 Å². The normalized spacial score (nSPS) is 14.4. The van der Waals surface area contributed by atoms with Crippen molar-refractivity contribution in [2.45, 2.75) is 19.6 Å². The fourth-order valence-corrected chi connectivity index (χ4v) is 4.37. The smallest absolute Gasteiger partial charge is 0.308 e. The molecular formula is C15H22Cl2NO3P. The highest BCUT2D eigenvalue weighted by Gasteiger charge is 2.36. The summed E-state index contributed by atoms with van der Waals surface area (Å²) in [5.41, 5.74) is 0.789. The second-order valence-electron chi connectivity index (χ2n) is 4.77. The molecule has 0 bridgehead atoms. The van der Waals surface area contributed by atoms with Crippen LogP contribution in [0.3, 0.4) is 0 Å². The third-order valence-corrected chi connectivity index (χ3v) is 5.98. The summed E-state index contributed by atoms with van der Waals surface area (Å²) in [6, 6.07) is 7.12. The predicted molar refractivity (Wildman–Crippen MR) is 93.6 cm³/mol. The van der Waals surface area contributed by atoms with Crippen molar-refractivity contribution in [2.24, 2.45) is 0 Å². The van der Waals surface area contributed by atoms with Gasteiger partial charge in [-0.15, -0.1) is 0 Å². The second kappa shape index (κ2) is 9.07. The minimum atomic E-state index is -3.33. The first-order valence-electron chi connectivity index (χ1n) is 7.02. The Morgan fingerprint density at radius 3 is 2.14 bits per heavy atom. The van der Waals surface area contributed by atoms with Gasteiger partial charge in [0.25, 0.3) is 0 Å². The van der Waals surface area contributed by atoms with E-state index in [2.05, 4.69) is 0 Å². The maximum Gasteiger partial charge on any atom is 0.351 e. The summed E-state index contributed by atoms with van der Waals surface area (Å²) in [5, 5.41) is 1.10. The molecule has 1 rings (SSSR count). The van der Waals surface area contributed by atoms with Crippen LogP contribution in [0.15, 0.2) is 30.3 Å². The number of halogens is 2. The first-order chi connectivity index (χ1) is 10.3. The lowest BCUT2D eigenvalue weighted by Gasteiger charge is -2.29. The minimum Gasteiger partial charge on any atom is -0.308 e. The number of benzene rings is 1. The van der Waals surface area contributed by atoms with Crippen LogP contribution in [0.25, 0.3) is 5.03 Å². The van der Waals surface area contributed by atoms with Crippen molar-refractivity contribution in [3.8, 4) is 0 Å². The van der Waals surface area contributed by atoms with Gasteiger partial charge in [-0.25, -0.2) is 0 Å². The average Bonchev–Trinajstić information content (AvgIpc) is 2.45. The summed E-state index contributed by atoms with van der Waals surface area (Å²) >= 11 is 12.2. The molecule has 0 aliphatic carbocycles. The van der Waals surface area contributed by atoms with Gasteiger partial charge in [-0.1, -0.05) is 35.3 Å². The maximum absolute atomic E-state index is 13.0. The molecule has 0 aliphatic heterocycles. The van der Waals surface area contributed by atoms with Gasteiger partial charge in [0.1, 0.15) is 5.78 Å². The molecule has 0 aliphatic rings. The van der Waals surface area contributed by atoms with Gasteiger partial charge in [0.15, 0.2) is 0 Å². The van der Waals surface area contributed by atoms with Crippen LogP contribution < -0.4 is 0 Å². The molecule has 0 spiro atoms. The third kappa shape index (κ3) is 5.38. The van der Waals surface area contributed by atoms with Gasteiger partial charge in [-0.2, -0.15) is 0 Å². The van der Waals surface area contributed by atoms with Crippen LogP contribution in [-0.4, -0.2) is 38.0 Å². The number of hydrogen-bond acceptors (Lipinski definition) is 4. The van der Waals surface area contributed by atoms with E-state index in [1.165, 1.54) is 0 Å². The molecule has 0 saturated heterocycles. The molecule has 1 unspecified atom stereocenters. The Bertz CT molecular complexity index is 536. The van der Waals surface area contributed by atoms with Crippen LogP contribution >= 0.6 is 30.8 Å². The average molecular weight is 366 g/mol. The molecule has 0 aromatic heterocycles. The van der Waals surface area contributed by atoms with Gasteiger partial charge in [-0.3, -0.25) is 9.46 Å². The van der Waals surface area contributed by atoms with E-state index >= 15 is 0 Å². The van der Waals surface area contributed by atoms with Crippen LogP contribution in [-0.2, 0) is 13.6 Å². The molecule has 0 radical (unpaired) electrons. The van der Waals surface area contributed by atoms with E-state index in [0.717, 1.165) is 5.56 Å². The van der Waals surface area contributed by atoms with Crippen molar-refractivity contribution in [3.05, 3.63) is 40.9 Å². The van der Waals surface area contributed by atoms with Crippen molar-refractivity contribution in [3.63, 3.8) is 0 Å². The largest absolute Gasteiger partial charge is 0.351 e. The quantitative estimate of drug-likeness (QED) is 0.602. The van der Waals surface area contributed by atoms with Crippen molar-refractivity contribution in [1.82, 2.24) is 4.90 Å². The van der Waals surface area contributed by atoms with Crippen molar-refractivity contribution >= 4 is 35.8 Å². The Morgan fingerprint density at radius 2 is 1.73 bits per heavy atom. The SMILES string of the molecule is CCOP(=O)(OCC)C(/C=C(\Cl)c1ccc(Cl)cc1)N(C)C. The molecule has 22 heavy (non-hydrogen) atoms. The Kier molecular flexibility index (Phi) is 8.12. The topological polar surface area (TPSA) is 38.8 Å². The van der Waals surface area contributed by atoms with Gasteiger partial charge < -0.3 is 9.05 Å². The molecular weight excluding hydrogens is 344 g/mol. The Labute approximate surface area is 142 Å². The molecule has 7 heteroatoms. The maximum atomic E-state index is 13.0. The lowest BCUT2D eigenvalue weighted by Crippen LogP contribution is -2.28. The van der Waals surface area contributed by atoms with Crippen LogP contribution in [0.5, 0.6) is 0 Å². The van der Waals surface area contributed by atoms with Crippen LogP contribution in [0.1, 0.15) is 19.4 Å². The summed E-state index contributed by atoms with van der Waals surface area (Å²) < 4.78 is 23.8. The van der Waals surface area contributed by atoms with Gasteiger partial charge in [-0.05, 0) is 51.7 Å². The van der Waals surface area contributed by atoms with Crippen LogP contribution in [0.2, 0.25) is 5.02 Å². The second-order valence-corrected chi connectivity index (χ2v) is 7.74. The number of rotatable bonds is 8. The first kappa shape index (κ1) is 19.7. The van der Waals surface area contributed by atoms with E-state index in [1.54, 1.807) is 63.2 Å². The van der Waals surface area contributed by atoms with E-state index in [-0.39, 0.29) is 0 Å². The van der Waals surface area contributed by atoms with Gasteiger partial charge in [0.2, 0.25) is 0 Å². The highest BCUT2D eigenvalue weighted by atomic mass is 35.5. The molecule has 1 aromatic rings. The lowest BCUT2D eigenvalue weighted by atomic mass is 10.2. The van der Waals surface area contributed by atoms with Crippen LogP contribution in [0, 0.1) is 0 Å². The zero-order valence-electron chi connectivity index (χ0n) is 13.3. The van der Waals surface area contributed by atoms with Gasteiger partial charge in [0, 0.05) is 10.1 Å². The van der Waals surface area contributed by atoms with Gasteiger partial charge in [0.05, 0.1) is 13.2 Å². The standard InChI is InChI=1S/C15H22Cl2NO3P/c1-5-20-22(19,21-6-2)15(18(3)4)11-14(17)12-7-9-13(16)10-8-12/h7-11,15H,5-6H2,1-4H3/b14-11-. The fraction of sp³-hybridized carbons (Fsp3) is 0.467. The van der Waals surface area contributed by atoms with Crippen molar-refractivity contribution in [2.75, 3.05) is 27.3 Å². The zero-order chi connectivity index (χ0) is 16.8. The first-order valence-corrected chi connectivity index (χ1v) is 9.39. The van der Waals surface area contributed by atoms with E-state index < -0.39 is 13.4 Å². The predicted octanol–water partition coefficient (Wildman–Crippen LogP) is 5.07. The summed E-state index contributed by atoms with van der Waals surface area (Å²) in [5.74, 6) is -0.574. The Balaban J connectivity index is 3.16. The molecule has 0 saturated carbocycles. The van der Waals surface area contributed by atoms with Crippen LogP contribution in [0.4, 0.5) is 0 Å². The highest BCUT2D eigenvalue weighted by Crippen LogP contribution is 2.54. The minimum absolute atomic E-state index is 0.300. The monoisotopic (exact) mass is 365 g/mol. The number of nitrogens with zero attached hydrogens (tertiary/aromatic N) is 1. The number of hydrogen-bond donors (Lipinski definition) is 0. The molecule has 0 amide bonds. The Morgan fingerprint density at radius 1 is 1.23 bits per heavy atom. The molecule has 1 atom stereocenters. The molecule has 4 nitrogen and oxygen atoms in total. The molecule has 0 N–H and O–H groups in total. The van der Waals surface area contributed by atoms with Crippen molar-refractivity contribution in [1.29, 1.82) is 0 Å². The summed E-state index contributed by atoms with van der Waals surface area (Å²) in [7, 11) is 0.276. The lowest BCUT2D eigenvalue weighted by molar-refractivity contribution is 0.196. The van der Waals surface area contributed by atoms with E-state index in [0.29, 0.717) is 23.3 Å². The summed E-state index contributed by atoms with van der Waals surface area (Å²) in [6.07, 6.45) is 1.69. The van der Waals surface area contributed by atoms with Gasteiger partial charge >= 0.3 is 7.60 Å². The van der Waals surface area contributed by atoms with Crippen molar-refractivity contribution < 1.29 is 13.6 Å². The fourth-order valence-electron chi connectivity index (χ4n) is 1.91. The molecule has 0 fully saturated rings. The third-order valence-electron chi connectivity index (χ3n) is 2.89. The van der Waals surface area contributed by atoms with E-state index in [9.17, 15) is 4.57 Å². The summed E-state index contributed by atoms with van der Waals surface area (Å²) in [6.45, 7) is 4.16. The zero-order valence-corrected chi connectivity index (χ0v) is 15.7. The number of likely N-dealkylation sites (N-methyl/N-ethyl adjacent to an activating group) is 1. The molecule has 1 aromatic carbocycles. The van der Waals surface area contributed by atoms with E-state index in [4.69, 9.17) is 32.2 Å². The Hall–Kier alpha value is -0.350.